The summed E-state index contributed by atoms with van der Waals surface area (Å²) in [5, 5.41) is 0. The second kappa shape index (κ2) is 7.73. The average molecular weight is 268 g/mol. The lowest BCUT2D eigenvalue weighted by Gasteiger charge is -2.18. The number of anilines is 2. The minimum absolute atomic E-state index is 0.194. The Hall–Kier alpha value is -1.63. The molecule has 1 rings (SSSR count). The lowest BCUT2D eigenvalue weighted by Crippen LogP contribution is -2.25. The Balaban J connectivity index is 2.63. The Bertz CT molecular complexity index is 380. The van der Waals surface area contributed by atoms with Gasteiger partial charge >= 0.3 is 6.01 Å². The minimum Gasteiger partial charge on any atom is -0.463 e. The fourth-order valence-electron chi connectivity index (χ4n) is 1.62. The van der Waals surface area contributed by atoms with Crippen molar-refractivity contribution < 1.29 is 4.74 Å². The number of aromatic nitrogens is 3. The van der Waals surface area contributed by atoms with Crippen LogP contribution < -0.4 is 15.4 Å². The largest absolute Gasteiger partial charge is 0.463 e. The van der Waals surface area contributed by atoms with Crippen LogP contribution >= 0.6 is 0 Å². The van der Waals surface area contributed by atoms with Crippen LogP contribution in [0.1, 0.15) is 20.3 Å². The monoisotopic (exact) mass is 268 g/mol. The summed E-state index contributed by atoms with van der Waals surface area (Å²) < 4.78 is 5.52. The quantitative estimate of drug-likeness (QED) is 0.693. The molecule has 0 saturated carbocycles. The molecule has 2 N–H and O–H groups in total. The lowest BCUT2D eigenvalue weighted by atomic mass is 10.4. The van der Waals surface area contributed by atoms with Crippen LogP contribution in [-0.4, -0.2) is 60.2 Å². The van der Waals surface area contributed by atoms with Crippen molar-refractivity contribution in [1.29, 1.82) is 0 Å². The van der Waals surface area contributed by atoms with Crippen LogP contribution in [-0.2, 0) is 0 Å². The van der Waals surface area contributed by atoms with Crippen molar-refractivity contribution in [2.75, 3.05) is 51.0 Å². The van der Waals surface area contributed by atoms with Crippen LogP contribution in [0.2, 0.25) is 0 Å². The van der Waals surface area contributed by atoms with E-state index in [1.807, 2.05) is 32.8 Å². The summed E-state index contributed by atoms with van der Waals surface area (Å²) >= 11 is 0. The van der Waals surface area contributed by atoms with Gasteiger partial charge in [0.25, 0.3) is 0 Å². The molecular weight excluding hydrogens is 244 g/mol. The maximum atomic E-state index is 5.68. The molecule has 0 aliphatic carbocycles. The third-order valence-electron chi connectivity index (χ3n) is 2.65. The average Bonchev–Trinajstić information content (AvgIpc) is 2.35. The third-order valence-corrected chi connectivity index (χ3v) is 2.65. The van der Waals surface area contributed by atoms with Gasteiger partial charge in [-0.2, -0.15) is 15.0 Å². The maximum Gasteiger partial charge on any atom is 0.323 e. The van der Waals surface area contributed by atoms with Crippen molar-refractivity contribution in [1.82, 2.24) is 19.9 Å². The zero-order valence-corrected chi connectivity index (χ0v) is 12.3. The van der Waals surface area contributed by atoms with Crippen LogP contribution in [0.4, 0.5) is 11.9 Å². The van der Waals surface area contributed by atoms with E-state index in [0.29, 0.717) is 18.6 Å². The highest BCUT2D eigenvalue weighted by Crippen LogP contribution is 2.13. The number of hydrogen-bond acceptors (Lipinski definition) is 7. The summed E-state index contributed by atoms with van der Waals surface area (Å²) in [6.45, 7) is 7.25. The summed E-state index contributed by atoms with van der Waals surface area (Å²) in [6.07, 6.45) is 0.916. The summed E-state index contributed by atoms with van der Waals surface area (Å²) in [5.41, 5.74) is 5.68. The minimum atomic E-state index is 0.194. The first kappa shape index (κ1) is 15.4. The van der Waals surface area contributed by atoms with Crippen LogP contribution in [0.3, 0.4) is 0 Å². The van der Waals surface area contributed by atoms with Crippen molar-refractivity contribution >= 4 is 11.9 Å². The van der Waals surface area contributed by atoms with Gasteiger partial charge in [0, 0.05) is 19.6 Å². The highest BCUT2D eigenvalue weighted by molar-refractivity contribution is 5.35. The molecule has 0 radical (unpaired) electrons. The van der Waals surface area contributed by atoms with Gasteiger partial charge < -0.3 is 20.3 Å². The second-order valence-electron chi connectivity index (χ2n) is 4.45. The number of ether oxygens (including phenoxy) is 1. The Morgan fingerprint density at radius 2 is 1.79 bits per heavy atom. The summed E-state index contributed by atoms with van der Waals surface area (Å²) in [4.78, 5) is 16.5. The van der Waals surface area contributed by atoms with Crippen molar-refractivity contribution in [2.24, 2.45) is 0 Å². The number of hydrogen-bond donors (Lipinski definition) is 1. The van der Waals surface area contributed by atoms with E-state index in [1.54, 1.807) is 0 Å². The van der Waals surface area contributed by atoms with Gasteiger partial charge in [-0.3, -0.25) is 0 Å². The molecule has 0 aliphatic heterocycles. The molecule has 19 heavy (non-hydrogen) atoms. The first-order chi connectivity index (χ1) is 9.06. The predicted octanol–water partition coefficient (Wildman–Crippen LogP) is 0.631. The third kappa shape index (κ3) is 5.25. The SMILES string of the molecule is CCN(CC)c1nc(N)nc(OCCCN(C)C)n1. The van der Waals surface area contributed by atoms with Crippen LogP contribution in [0.25, 0.3) is 0 Å². The van der Waals surface area contributed by atoms with E-state index in [0.717, 1.165) is 26.1 Å². The molecule has 1 aromatic rings. The highest BCUT2D eigenvalue weighted by Gasteiger charge is 2.10. The van der Waals surface area contributed by atoms with Crippen molar-refractivity contribution in [2.45, 2.75) is 20.3 Å². The van der Waals surface area contributed by atoms with Crippen LogP contribution in [0.15, 0.2) is 0 Å². The topological polar surface area (TPSA) is 80.4 Å². The molecule has 7 heteroatoms. The molecule has 0 aromatic carbocycles. The Kier molecular flexibility index (Phi) is 6.27. The lowest BCUT2D eigenvalue weighted by molar-refractivity contribution is 0.263. The molecule has 7 nitrogen and oxygen atoms in total. The fraction of sp³-hybridized carbons (Fsp3) is 0.750. The molecule has 1 aromatic heterocycles. The molecule has 0 saturated heterocycles. The first-order valence-corrected chi connectivity index (χ1v) is 6.60. The van der Waals surface area contributed by atoms with Gasteiger partial charge in [0.2, 0.25) is 11.9 Å². The van der Waals surface area contributed by atoms with E-state index >= 15 is 0 Å². The Labute approximate surface area is 114 Å². The number of nitrogen functional groups attached to an aromatic ring is 1. The van der Waals surface area contributed by atoms with E-state index in [-0.39, 0.29) is 5.95 Å². The van der Waals surface area contributed by atoms with Gasteiger partial charge in [0.05, 0.1) is 6.61 Å². The highest BCUT2D eigenvalue weighted by atomic mass is 16.5. The van der Waals surface area contributed by atoms with E-state index in [9.17, 15) is 0 Å². The molecule has 0 amide bonds. The van der Waals surface area contributed by atoms with Crippen molar-refractivity contribution in [3.8, 4) is 6.01 Å². The molecule has 0 fully saturated rings. The Morgan fingerprint density at radius 3 is 2.37 bits per heavy atom. The number of nitrogens with two attached hydrogens (primary N) is 1. The van der Waals surface area contributed by atoms with E-state index in [1.165, 1.54) is 0 Å². The van der Waals surface area contributed by atoms with Gasteiger partial charge in [-0.25, -0.2) is 0 Å². The fourth-order valence-corrected chi connectivity index (χ4v) is 1.62. The molecule has 1 heterocycles. The zero-order chi connectivity index (χ0) is 14.3. The smallest absolute Gasteiger partial charge is 0.323 e. The summed E-state index contributed by atoms with van der Waals surface area (Å²) in [5.74, 6) is 0.764. The van der Waals surface area contributed by atoms with Crippen LogP contribution in [0, 0.1) is 0 Å². The van der Waals surface area contributed by atoms with Gasteiger partial charge in [0.1, 0.15) is 0 Å². The molecule has 0 spiro atoms. The molecule has 0 bridgehead atoms. The molecule has 0 aliphatic rings. The zero-order valence-electron chi connectivity index (χ0n) is 12.3. The normalized spacial score (nSPS) is 10.8. The number of nitrogens with zero attached hydrogens (tertiary/aromatic N) is 5. The predicted molar refractivity (Wildman–Crippen MR) is 76.5 cm³/mol. The van der Waals surface area contributed by atoms with E-state index in [4.69, 9.17) is 10.5 Å². The van der Waals surface area contributed by atoms with Gasteiger partial charge in [-0.1, -0.05) is 0 Å². The maximum absolute atomic E-state index is 5.68. The summed E-state index contributed by atoms with van der Waals surface area (Å²) in [6, 6.07) is 0.299. The Morgan fingerprint density at radius 1 is 1.11 bits per heavy atom. The van der Waals surface area contributed by atoms with E-state index in [2.05, 4.69) is 19.9 Å². The van der Waals surface area contributed by atoms with Crippen molar-refractivity contribution in [3.05, 3.63) is 0 Å². The molecule has 0 unspecified atom stereocenters. The second-order valence-corrected chi connectivity index (χ2v) is 4.45. The summed E-state index contributed by atoms with van der Waals surface area (Å²) in [7, 11) is 4.05. The molecular formula is C12H24N6O. The van der Waals surface area contributed by atoms with E-state index < -0.39 is 0 Å². The first-order valence-electron chi connectivity index (χ1n) is 6.60. The standard InChI is InChI=1S/C12H24N6O/c1-5-18(6-2)11-14-10(13)15-12(16-11)19-9-7-8-17(3)4/h5-9H2,1-4H3,(H2,13,14,15,16). The van der Waals surface area contributed by atoms with Crippen molar-refractivity contribution in [3.63, 3.8) is 0 Å². The van der Waals surface area contributed by atoms with Gasteiger partial charge in [-0.05, 0) is 34.4 Å². The molecule has 0 atom stereocenters. The number of rotatable bonds is 8. The van der Waals surface area contributed by atoms with Gasteiger partial charge in [0.15, 0.2) is 0 Å². The van der Waals surface area contributed by atoms with Gasteiger partial charge in [-0.15, -0.1) is 0 Å². The van der Waals surface area contributed by atoms with Crippen LogP contribution in [0.5, 0.6) is 6.01 Å². The molecule has 108 valence electrons.